The van der Waals surface area contributed by atoms with Crippen molar-refractivity contribution in [3.63, 3.8) is 0 Å². The second kappa shape index (κ2) is 6.66. The summed E-state index contributed by atoms with van der Waals surface area (Å²) in [5.74, 6) is 0.205. The van der Waals surface area contributed by atoms with Crippen molar-refractivity contribution in [3.05, 3.63) is 30.1 Å². The minimum absolute atomic E-state index is 0.0209. The quantitative estimate of drug-likeness (QED) is 0.816. The first-order valence-corrected chi connectivity index (χ1v) is 7.15. The van der Waals surface area contributed by atoms with Gasteiger partial charge >= 0.3 is 0 Å². The summed E-state index contributed by atoms with van der Waals surface area (Å²) in [7, 11) is 0. The Kier molecular flexibility index (Phi) is 4.91. The van der Waals surface area contributed by atoms with Crippen LogP contribution in [0.15, 0.2) is 24.5 Å². The molecule has 0 radical (unpaired) electrons. The van der Waals surface area contributed by atoms with Crippen molar-refractivity contribution >= 4 is 5.91 Å². The fourth-order valence-electron chi connectivity index (χ4n) is 2.38. The van der Waals surface area contributed by atoms with Gasteiger partial charge in [0, 0.05) is 31.5 Å². The standard InChI is InChI=1S/C15H23N3O/c1-2-3-13(10-16)15(19)18(14-4-5-14)11-12-6-8-17-9-7-12/h6-9,13-14H,2-5,10-11,16H2,1H3. The maximum Gasteiger partial charge on any atom is 0.227 e. The molecular formula is C15H23N3O. The predicted octanol–water partition coefficient (Wildman–Crippen LogP) is 1.95. The smallest absolute Gasteiger partial charge is 0.227 e. The Morgan fingerprint density at radius 3 is 2.68 bits per heavy atom. The predicted molar refractivity (Wildman–Crippen MR) is 75.3 cm³/mol. The van der Waals surface area contributed by atoms with Gasteiger partial charge in [-0.15, -0.1) is 0 Å². The van der Waals surface area contributed by atoms with Crippen LogP contribution in [-0.2, 0) is 11.3 Å². The highest BCUT2D eigenvalue weighted by molar-refractivity contribution is 5.79. The van der Waals surface area contributed by atoms with Crippen molar-refractivity contribution in [2.45, 2.75) is 45.2 Å². The fraction of sp³-hybridized carbons (Fsp3) is 0.600. The molecule has 1 aliphatic carbocycles. The van der Waals surface area contributed by atoms with E-state index in [1.165, 1.54) is 0 Å². The van der Waals surface area contributed by atoms with Crippen LogP contribution in [0.1, 0.15) is 38.2 Å². The Labute approximate surface area is 115 Å². The van der Waals surface area contributed by atoms with Gasteiger partial charge in [-0.3, -0.25) is 9.78 Å². The van der Waals surface area contributed by atoms with E-state index in [2.05, 4.69) is 11.9 Å². The van der Waals surface area contributed by atoms with Gasteiger partial charge in [-0.1, -0.05) is 13.3 Å². The number of nitrogens with two attached hydrogens (primary N) is 1. The molecule has 2 rings (SSSR count). The summed E-state index contributed by atoms with van der Waals surface area (Å²) in [6, 6.07) is 4.37. The third-order valence-corrected chi connectivity index (χ3v) is 3.64. The Bertz CT molecular complexity index is 403. The average Bonchev–Trinajstić information content (AvgIpc) is 3.27. The fourth-order valence-corrected chi connectivity index (χ4v) is 2.38. The molecule has 1 aromatic rings. The summed E-state index contributed by atoms with van der Waals surface area (Å²) in [5, 5.41) is 0. The minimum Gasteiger partial charge on any atom is -0.335 e. The zero-order valence-electron chi connectivity index (χ0n) is 11.6. The number of hydrogen-bond donors (Lipinski definition) is 1. The van der Waals surface area contributed by atoms with Crippen molar-refractivity contribution in [2.24, 2.45) is 11.7 Å². The Morgan fingerprint density at radius 1 is 1.47 bits per heavy atom. The highest BCUT2D eigenvalue weighted by Gasteiger charge is 2.35. The summed E-state index contributed by atoms with van der Waals surface area (Å²) >= 11 is 0. The van der Waals surface area contributed by atoms with Crippen LogP contribution in [0.4, 0.5) is 0 Å². The second-order valence-electron chi connectivity index (χ2n) is 5.27. The van der Waals surface area contributed by atoms with Crippen LogP contribution in [0.25, 0.3) is 0 Å². The molecule has 1 fully saturated rings. The molecule has 2 N–H and O–H groups in total. The van der Waals surface area contributed by atoms with Crippen LogP contribution in [-0.4, -0.2) is 28.4 Å². The first-order valence-electron chi connectivity index (χ1n) is 7.15. The highest BCUT2D eigenvalue weighted by Crippen LogP contribution is 2.30. The van der Waals surface area contributed by atoms with Crippen LogP contribution in [0, 0.1) is 5.92 Å². The summed E-state index contributed by atoms with van der Waals surface area (Å²) in [6.07, 6.45) is 7.69. The lowest BCUT2D eigenvalue weighted by atomic mass is 10.0. The molecule has 0 bridgehead atoms. The molecule has 1 unspecified atom stereocenters. The van der Waals surface area contributed by atoms with E-state index in [1.807, 2.05) is 17.0 Å². The summed E-state index contributed by atoms with van der Waals surface area (Å²) in [5.41, 5.74) is 6.90. The van der Waals surface area contributed by atoms with Crippen molar-refractivity contribution < 1.29 is 4.79 Å². The summed E-state index contributed by atoms with van der Waals surface area (Å²) < 4.78 is 0. The number of nitrogens with zero attached hydrogens (tertiary/aromatic N) is 2. The number of hydrogen-bond acceptors (Lipinski definition) is 3. The third-order valence-electron chi connectivity index (χ3n) is 3.64. The topological polar surface area (TPSA) is 59.2 Å². The van der Waals surface area contributed by atoms with Crippen LogP contribution in [0.2, 0.25) is 0 Å². The van der Waals surface area contributed by atoms with E-state index in [9.17, 15) is 4.79 Å². The number of carbonyl (C=O) groups excluding carboxylic acids is 1. The first-order chi connectivity index (χ1) is 9.26. The van der Waals surface area contributed by atoms with Crippen molar-refractivity contribution in [1.29, 1.82) is 0 Å². The molecule has 1 saturated carbocycles. The van der Waals surface area contributed by atoms with Gasteiger partial charge in [-0.05, 0) is 37.0 Å². The molecule has 1 atom stereocenters. The van der Waals surface area contributed by atoms with E-state index < -0.39 is 0 Å². The zero-order chi connectivity index (χ0) is 13.7. The van der Waals surface area contributed by atoms with Crippen LogP contribution < -0.4 is 5.73 Å². The number of amides is 1. The van der Waals surface area contributed by atoms with Crippen molar-refractivity contribution in [1.82, 2.24) is 9.88 Å². The second-order valence-corrected chi connectivity index (χ2v) is 5.27. The molecule has 1 aliphatic rings. The lowest BCUT2D eigenvalue weighted by Gasteiger charge is -2.27. The van der Waals surface area contributed by atoms with Gasteiger partial charge in [-0.2, -0.15) is 0 Å². The molecule has 0 spiro atoms. The number of pyridine rings is 1. The minimum atomic E-state index is -0.0209. The maximum absolute atomic E-state index is 12.6. The Balaban J connectivity index is 2.05. The molecule has 1 heterocycles. The molecular weight excluding hydrogens is 238 g/mol. The van der Waals surface area contributed by atoms with Crippen molar-refractivity contribution in [2.75, 3.05) is 6.54 Å². The first kappa shape index (κ1) is 14.0. The molecule has 1 amide bonds. The third kappa shape index (κ3) is 3.77. The lowest BCUT2D eigenvalue weighted by molar-refractivity contribution is -0.136. The maximum atomic E-state index is 12.6. The molecule has 0 aliphatic heterocycles. The lowest BCUT2D eigenvalue weighted by Crippen LogP contribution is -2.40. The average molecular weight is 261 g/mol. The Morgan fingerprint density at radius 2 is 2.16 bits per heavy atom. The van der Waals surface area contributed by atoms with Gasteiger partial charge in [0.25, 0.3) is 0 Å². The summed E-state index contributed by atoms with van der Waals surface area (Å²) in [4.78, 5) is 18.6. The van der Waals surface area contributed by atoms with E-state index in [1.54, 1.807) is 12.4 Å². The largest absolute Gasteiger partial charge is 0.335 e. The van der Waals surface area contributed by atoms with Crippen LogP contribution in [0.3, 0.4) is 0 Å². The summed E-state index contributed by atoms with van der Waals surface area (Å²) in [6.45, 7) is 3.23. The van der Waals surface area contributed by atoms with E-state index in [4.69, 9.17) is 5.73 Å². The van der Waals surface area contributed by atoms with Gasteiger partial charge in [0.1, 0.15) is 0 Å². The number of carbonyl (C=O) groups is 1. The SMILES string of the molecule is CCCC(CN)C(=O)N(Cc1ccncc1)C1CC1. The number of aromatic nitrogens is 1. The zero-order valence-corrected chi connectivity index (χ0v) is 11.6. The molecule has 0 saturated heterocycles. The van der Waals surface area contributed by atoms with E-state index in [0.717, 1.165) is 31.2 Å². The molecule has 4 heteroatoms. The van der Waals surface area contributed by atoms with E-state index >= 15 is 0 Å². The van der Waals surface area contributed by atoms with Gasteiger partial charge in [-0.25, -0.2) is 0 Å². The number of rotatable bonds is 7. The monoisotopic (exact) mass is 261 g/mol. The Hall–Kier alpha value is -1.42. The van der Waals surface area contributed by atoms with Crippen molar-refractivity contribution in [3.8, 4) is 0 Å². The van der Waals surface area contributed by atoms with Crippen LogP contribution >= 0.6 is 0 Å². The normalized spacial score (nSPS) is 16.1. The molecule has 4 nitrogen and oxygen atoms in total. The van der Waals surface area contributed by atoms with Crippen LogP contribution in [0.5, 0.6) is 0 Å². The highest BCUT2D eigenvalue weighted by atomic mass is 16.2. The van der Waals surface area contributed by atoms with Gasteiger partial charge < -0.3 is 10.6 Å². The van der Waals surface area contributed by atoms with Gasteiger partial charge in [0.05, 0.1) is 5.92 Å². The molecule has 1 aromatic heterocycles. The van der Waals surface area contributed by atoms with E-state index in [0.29, 0.717) is 19.1 Å². The molecule has 19 heavy (non-hydrogen) atoms. The van der Waals surface area contributed by atoms with E-state index in [-0.39, 0.29) is 11.8 Å². The molecule has 104 valence electrons. The van der Waals surface area contributed by atoms with Gasteiger partial charge in [0.2, 0.25) is 5.91 Å². The van der Waals surface area contributed by atoms with Gasteiger partial charge in [0.15, 0.2) is 0 Å². The molecule has 0 aromatic carbocycles.